The monoisotopic (exact) mass is 430 g/mol. The van der Waals surface area contributed by atoms with Gasteiger partial charge >= 0.3 is 15.2 Å². The van der Waals surface area contributed by atoms with E-state index in [0.717, 1.165) is 19.3 Å². The van der Waals surface area contributed by atoms with Crippen LogP contribution in [0, 0.1) is 0 Å². The average Bonchev–Trinajstić information content (AvgIpc) is 2.63. The van der Waals surface area contributed by atoms with Gasteiger partial charge in [0.1, 0.15) is 0 Å². The summed E-state index contributed by atoms with van der Waals surface area (Å²) in [6, 6.07) is 0. The predicted molar refractivity (Wildman–Crippen MR) is 104 cm³/mol. The molecule has 162 valence electrons. The Morgan fingerprint density at radius 3 is 1.81 bits per heavy atom. The van der Waals surface area contributed by atoms with E-state index < -0.39 is 20.6 Å². The second-order valence-corrected chi connectivity index (χ2v) is 10.9. The molecule has 0 aliphatic carbocycles. The number of hydrogen-bond acceptors (Lipinski definition) is 8. The van der Waals surface area contributed by atoms with Crippen LogP contribution in [0.2, 0.25) is 0 Å². The molecule has 1 aliphatic heterocycles. The summed E-state index contributed by atoms with van der Waals surface area (Å²) in [4.78, 5) is 0. The van der Waals surface area contributed by atoms with Gasteiger partial charge in [0.2, 0.25) is 0 Å². The van der Waals surface area contributed by atoms with E-state index in [2.05, 4.69) is 0 Å². The van der Waals surface area contributed by atoms with Crippen LogP contribution in [0.1, 0.15) is 59.8 Å². The molecule has 0 aromatic rings. The van der Waals surface area contributed by atoms with Crippen molar-refractivity contribution < 1.29 is 36.7 Å². The summed E-state index contributed by atoms with van der Waals surface area (Å²) in [5, 5.41) is -0.985. The number of hydrogen-bond donors (Lipinski definition) is 0. The molecule has 0 aromatic heterocycles. The Labute approximate surface area is 163 Å². The average molecular weight is 430 g/mol. The maximum absolute atomic E-state index is 13.4. The molecule has 1 heterocycles. The first kappa shape index (κ1) is 25.3. The van der Waals surface area contributed by atoms with Crippen LogP contribution in [0.4, 0.5) is 0 Å². The summed E-state index contributed by atoms with van der Waals surface area (Å²) >= 11 is 0. The Bertz CT molecular complexity index is 432. The molecule has 27 heavy (non-hydrogen) atoms. The molecule has 0 amide bonds. The Morgan fingerprint density at radius 1 is 0.889 bits per heavy atom. The van der Waals surface area contributed by atoms with E-state index in [1.807, 2.05) is 0 Å². The lowest BCUT2D eigenvalue weighted by molar-refractivity contribution is -0.162. The van der Waals surface area contributed by atoms with Gasteiger partial charge in [0.15, 0.2) is 11.7 Å². The molecular weight excluding hydrogens is 394 g/mol. The van der Waals surface area contributed by atoms with Gasteiger partial charge in [0, 0.05) is 13.2 Å². The highest BCUT2D eigenvalue weighted by molar-refractivity contribution is 7.72. The van der Waals surface area contributed by atoms with Gasteiger partial charge < -0.3 is 27.6 Å². The lowest BCUT2D eigenvalue weighted by Gasteiger charge is -2.31. The summed E-state index contributed by atoms with van der Waals surface area (Å²) < 4.78 is 59.8. The molecule has 10 heteroatoms. The van der Waals surface area contributed by atoms with Crippen molar-refractivity contribution in [1.82, 2.24) is 0 Å². The van der Waals surface area contributed by atoms with Crippen LogP contribution < -0.4 is 0 Å². The highest BCUT2D eigenvalue weighted by Crippen LogP contribution is 2.71. The maximum Gasteiger partial charge on any atom is 0.345 e. The largest absolute Gasteiger partial charge is 0.353 e. The molecule has 0 saturated carbocycles. The van der Waals surface area contributed by atoms with E-state index in [9.17, 15) is 9.13 Å². The van der Waals surface area contributed by atoms with Crippen molar-refractivity contribution in [1.29, 1.82) is 0 Å². The SMILES string of the molecule is CCOP(=O)(OCC)C(CCCOC1CCCCO1)P(=O)(OCC)OCC. The molecular formula is C17H36O8P2. The van der Waals surface area contributed by atoms with Crippen molar-refractivity contribution in [3.63, 3.8) is 0 Å². The van der Waals surface area contributed by atoms with Crippen molar-refractivity contribution in [2.75, 3.05) is 39.6 Å². The minimum Gasteiger partial charge on any atom is -0.353 e. The van der Waals surface area contributed by atoms with Crippen LogP contribution in [0.3, 0.4) is 0 Å². The molecule has 1 aliphatic rings. The molecule has 1 unspecified atom stereocenters. The zero-order valence-corrected chi connectivity index (χ0v) is 18.9. The van der Waals surface area contributed by atoms with E-state index in [1.165, 1.54) is 0 Å². The lowest BCUT2D eigenvalue weighted by Crippen LogP contribution is -2.23. The van der Waals surface area contributed by atoms with Crippen molar-refractivity contribution in [3.8, 4) is 0 Å². The van der Waals surface area contributed by atoms with Gasteiger partial charge in [-0.25, -0.2) is 0 Å². The van der Waals surface area contributed by atoms with Gasteiger partial charge in [-0.05, 0) is 59.8 Å². The van der Waals surface area contributed by atoms with Gasteiger partial charge in [-0.2, -0.15) is 0 Å². The van der Waals surface area contributed by atoms with Crippen LogP contribution in [-0.4, -0.2) is 51.3 Å². The Hall–Kier alpha value is 0.220. The summed E-state index contributed by atoms with van der Waals surface area (Å²) in [7, 11) is -7.37. The predicted octanol–water partition coefficient (Wildman–Crippen LogP) is 5.17. The zero-order chi connectivity index (χ0) is 20.2. The third-order valence-electron chi connectivity index (χ3n) is 4.01. The van der Waals surface area contributed by atoms with E-state index in [0.29, 0.717) is 19.6 Å². The smallest absolute Gasteiger partial charge is 0.345 e. The van der Waals surface area contributed by atoms with Gasteiger partial charge in [0.25, 0.3) is 0 Å². The quantitative estimate of drug-likeness (QED) is 0.260. The normalized spacial score (nSPS) is 18.9. The summed E-state index contributed by atoms with van der Waals surface area (Å²) in [5.74, 6) is 0. The Balaban J connectivity index is 2.84. The molecule has 0 spiro atoms. The molecule has 0 bridgehead atoms. The van der Waals surface area contributed by atoms with Crippen LogP contribution in [0.15, 0.2) is 0 Å². The molecule has 8 nitrogen and oxygen atoms in total. The fraction of sp³-hybridized carbons (Fsp3) is 1.00. The van der Waals surface area contributed by atoms with Gasteiger partial charge in [-0.15, -0.1) is 0 Å². The first-order valence-electron chi connectivity index (χ1n) is 9.96. The number of rotatable bonds is 15. The van der Waals surface area contributed by atoms with Gasteiger partial charge in [-0.1, -0.05) is 0 Å². The number of ether oxygens (including phenoxy) is 2. The summed E-state index contributed by atoms with van der Waals surface area (Å²) in [5.41, 5.74) is 0. The fourth-order valence-electron chi connectivity index (χ4n) is 2.95. The van der Waals surface area contributed by atoms with Crippen molar-refractivity contribution in [2.24, 2.45) is 0 Å². The van der Waals surface area contributed by atoms with Crippen LogP contribution in [-0.2, 0) is 36.7 Å². The minimum absolute atomic E-state index is 0.179. The van der Waals surface area contributed by atoms with E-state index in [1.54, 1.807) is 27.7 Å². The van der Waals surface area contributed by atoms with Crippen molar-refractivity contribution in [3.05, 3.63) is 0 Å². The second kappa shape index (κ2) is 13.4. The standard InChI is InChI=1S/C17H36O8P2/c1-5-22-26(18,23-6-2)17(27(19,24-7-3)25-8-4)13-11-15-21-16-12-9-10-14-20-16/h16-17H,5-15H2,1-4H3. The van der Waals surface area contributed by atoms with Crippen LogP contribution >= 0.6 is 15.2 Å². The Kier molecular flexibility index (Phi) is 12.6. The third kappa shape index (κ3) is 8.23. The third-order valence-corrected chi connectivity index (χ3v) is 10.2. The molecule has 1 saturated heterocycles. The molecule has 0 N–H and O–H groups in total. The summed E-state index contributed by atoms with van der Waals surface area (Å²) in [6.07, 6.45) is 3.60. The summed E-state index contributed by atoms with van der Waals surface area (Å²) in [6.45, 7) is 8.71. The minimum atomic E-state index is -3.68. The highest BCUT2D eigenvalue weighted by Gasteiger charge is 2.50. The van der Waals surface area contributed by atoms with Crippen LogP contribution in [0.25, 0.3) is 0 Å². The van der Waals surface area contributed by atoms with Crippen molar-refractivity contribution >= 4 is 15.2 Å². The van der Waals surface area contributed by atoms with Crippen molar-refractivity contribution in [2.45, 2.75) is 71.5 Å². The van der Waals surface area contributed by atoms with Crippen LogP contribution in [0.5, 0.6) is 0 Å². The zero-order valence-electron chi connectivity index (χ0n) is 17.1. The highest BCUT2D eigenvalue weighted by atomic mass is 31.2. The van der Waals surface area contributed by atoms with Gasteiger partial charge in [-0.3, -0.25) is 9.13 Å². The molecule has 1 rings (SSSR count). The first-order chi connectivity index (χ1) is 13.0. The first-order valence-corrected chi connectivity index (χ1v) is 13.2. The molecule has 1 fully saturated rings. The topological polar surface area (TPSA) is 89.5 Å². The Morgan fingerprint density at radius 2 is 1.41 bits per heavy atom. The molecule has 0 aromatic carbocycles. The maximum atomic E-state index is 13.4. The van der Waals surface area contributed by atoms with E-state index >= 15 is 0 Å². The van der Waals surface area contributed by atoms with E-state index in [-0.39, 0.29) is 39.1 Å². The second-order valence-electron chi connectivity index (χ2n) is 6.04. The molecule has 0 radical (unpaired) electrons. The fourth-order valence-corrected chi connectivity index (χ4v) is 8.41. The molecule has 1 atom stereocenters. The van der Waals surface area contributed by atoms with Gasteiger partial charge in [0.05, 0.1) is 26.4 Å². The lowest BCUT2D eigenvalue weighted by atomic mass is 10.2. The van der Waals surface area contributed by atoms with E-state index in [4.69, 9.17) is 27.6 Å².